The average Bonchev–Trinajstić information content (AvgIpc) is 2.10. The molecule has 0 aromatic carbocycles. The summed E-state index contributed by atoms with van der Waals surface area (Å²) in [6.07, 6.45) is 0.0788. The Bertz CT molecular complexity index is 250. The van der Waals surface area contributed by atoms with Gasteiger partial charge in [0.1, 0.15) is 6.54 Å². The minimum atomic E-state index is -1.10. The number of rotatable bonds is 6. The van der Waals surface area contributed by atoms with Crippen molar-refractivity contribution in [2.24, 2.45) is 0 Å². The summed E-state index contributed by atoms with van der Waals surface area (Å²) < 4.78 is 0. The van der Waals surface area contributed by atoms with Crippen LogP contribution in [0, 0.1) is 0 Å². The molecule has 0 fully saturated rings. The molecule has 0 aromatic heterocycles. The van der Waals surface area contributed by atoms with Gasteiger partial charge in [0, 0.05) is 18.9 Å². The Morgan fingerprint density at radius 1 is 1.13 bits per heavy atom. The number of aliphatic carboxylic acids is 1. The van der Waals surface area contributed by atoms with Crippen LogP contribution in [-0.4, -0.2) is 35.5 Å². The van der Waals surface area contributed by atoms with Crippen LogP contribution in [0.5, 0.6) is 0 Å². The maximum atomic E-state index is 11.1. The molecular weight excluding hydrogens is 200 g/mol. The minimum absolute atomic E-state index is 0.00579. The molecule has 2 amide bonds. The first-order valence-electron chi connectivity index (χ1n) is 4.69. The maximum absolute atomic E-state index is 11.1. The molecule has 0 aliphatic heterocycles. The molecule has 6 nitrogen and oxygen atoms in total. The van der Waals surface area contributed by atoms with E-state index in [1.54, 1.807) is 0 Å². The zero-order valence-corrected chi connectivity index (χ0v) is 8.87. The normalized spacial score (nSPS) is 9.80. The van der Waals surface area contributed by atoms with Crippen LogP contribution in [0.2, 0.25) is 0 Å². The molecule has 0 saturated carbocycles. The molecule has 0 aliphatic carbocycles. The van der Waals surface area contributed by atoms with Gasteiger partial charge in [0.25, 0.3) is 0 Å². The molecule has 86 valence electrons. The van der Waals surface area contributed by atoms with Crippen LogP contribution in [0.1, 0.15) is 26.7 Å². The molecule has 0 aromatic rings. The van der Waals surface area contributed by atoms with E-state index in [0.717, 1.165) is 0 Å². The molecular formula is C9H16N2O4. The highest BCUT2D eigenvalue weighted by molar-refractivity contribution is 5.85. The predicted octanol–water partition coefficient (Wildman–Crippen LogP) is -0.508. The smallest absolute Gasteiger partial charge is 0.322 e. The summed E-state index contributed by atoms with van der Waals surface area (Å²) in [4.78, 5) is 32.2. The number of carbonyl (C=O) groups excluding carboxylic acids is 2. The van der Waals surface area contributed by atoms with E-state index in [4.69, 9.17) is 5.11 Å². The fourth-order valence-electron chi connectivity index (χ4n) is 0.884. The van der Waals surface area contributed by atoms with Crippen LogP contribution in [0.25, 0.3) is 0 Å². The summed E-state index contributed by atoms with van der Waals surface area (Å²) in [5, 5.41) is 13.1. The first-order valence-corrected chi connectivity index (χ1v) is 4.69. The molecule has 0 atom stereocenters. The Hall–Kier alpha value is -1.59. The van der Waals surface area contributed by atoms with Gasteiger partial charge in [-0.2, -0.15) is 0 Å². The summed E-state index contributed by atoms with van der Waals surface area (Å²) in [7, 11) is 0. The Balaban J connectivity index is 3.62. The molecule has 0 spiro atoms. The number of nitrogens with one attached hydrogen (secondary N) is 2. The van der Waals surface area contributed by atoms with Gasteiger partial charge in [-0.1, -0.05) is 0 Å². The average molecular weight is 216 g/mol. The van der Waals surface area contributed by atoms with Crippen molar-refractivity contribution in [3.63, 3.8) is 0 Å². The molecule has 0 radical (unpaired) electrons. The maximum Gasteiger partial charge on any atom is 0.322 e. The zero-order valence-electron chi connectivity index (χ0n) is 8.87. The van der Waals surface area contributed by atoms with Crippen molar-refractivity contribution in [1.82, 2.24) is 10.6 Å². The highest BCUT2D eigenvalue weighted by Gasteiger charge is 2.08. The summed E-state index contributed by atoms with van der Waals surface area (Å²) in [6.45, 7) is 3.23. The Morgan fingerprint density at radius 3 is 2.13 bits per heavy atom. The van der Waals surface area contributed by atoms with Crippen molar-refractivity contribution in [2.45, 2.75) is 32.7 Å². The molecule has 0 rings (SSSR count). The Morgan fingerprint density at radius 2 is 1.67 bits per heavy atom. The van der Waals surface area contributed by atoms with E-state index < -0.39 is 18.4 Å². The summed E-state index contributed by atoms with van der Waals surface area (Å²) in [5.74, 6) is -1.75. The number of amides is 2. The lowest BCUT2D eigenvalue weighted by molar-refractivity contribution is -0.138. The molecule has 15 heavy (non-hydrogen) atoms. The number of hydrogen-bond donors (Lipinski definition) is 3. The van der Waals surface area contributed by atoms with E-state index in [1.807, 2.05) is 13.8 Å². The van der Waals surface area contributed by atoms with Crippen molar-refractivity contribution < 1.29 is 19.5 Å². The van der Waals surface area contributed by atoms with Gasteiger partial charge in [0.15, 0.2) is 0 Å². The van der Waals surface area contributed by atoms with E-state index in [0.29, 0.717) is 0 Å². The standard InChI is InChI=1S/C9H16N2O4/c1-6(2)11-8(13)4-3-7(12)10-5-9(14)15/h6H,3-5H2,1-2H3,(H,10,12)(H,11,13)(H,14,15). The van der Waals surface area contributed by atoms with Crippen molar-refractivity contribution in [3.8, 4) is 0 Å². The fourth-order valence-corrected chi connectivity index (χ4v) is 0.884. The first kappa shape index (κ1) is 13.4. The van der Waals surface area contributed by atoms with Gasteiger partial charge in [-0.05, 0) is 13.8 Å². The third-order valence-electron chi connectivity index (χ3n) is 1.47. The highest BCUT2D eigenvalue weighted by atomic mass is 16.4. The van der Waals surface area contributed by atoms with Crippen LogP contribution in [0.15, 0.2) is 0 Å². The van der Waals surface area contributed by atoms with Crippen LogP contribution in [-0.2, 0) is 14.4 Å². The van der Waals surface area contributed by atoms with Crippen LogP contribution in [0.3, 0.4) is 0 Å². The van der Waals surface area contributed by atoms with Gasteiger partial charge in [-0.15, -0.1) is 0 Å². The van der Waals surface area contributed by atoms with Gasteiger partial charge >= 0.3 is 5.97 Å². The van der Waals surface area contributed by atoms with E-state index >= 15 is 0 Å². The summed E-state index contributed by atoms with van der Waals surface area (Å²) in [5.41, 5.74) is 0. The van der Waals surface area contributed by atoms with Crippen molar-refractivity contribution >= 4 is 17.8 Å². The van der Waals surface area contributed by atoms with Crippen molar-refractivity contribution in [3.05, 3.63) is 0 Å². The molecule has 0 aliphatic rings. The largest absolute Gasteiger partial charge is 0.480 e. The SMILES string of the molecule is CC(C)NC(=O)CCC(=O)NCC(=O)O. The zero-order chi connectivity index (χ0) is 11.8. The lowest BCUT2D eigenvalue weighted by Crippen LogP contribution is -2.33. The molecule has 0 saturated heterocycles. The predicted molar refractivity (Wildman–Crippen MR) is 53.2 cm³/mol. The lowest BCUT2D eigenvalue weighted by Gasteiger charge is -2.07. The quantitative estimate of drug-likeness (QED) is 0.557. The van der Waals surface area contributed by atoms with E-state index in [-0.39, 0.29) is 24.8 Å². The van der Waals surface area contributed by atoms with Gasteiger partial charge in [0.05, 0.1) is 0 Å². The van der Waals surface area contributed by atoms with Gasteiger partial charge in [-0.25, -0.2) is 0 Å². The fraction of sp³-hybridized carbons (Fsp3) is 0.667. The van der Waals surface area contributed by atoms with Crippen molar-refractivity contribution in [2.75, 3.05) is 6.54 Å². The van der Waals surface area contributed by atoms with E-state index in [9.17, 15) is 14.4 Å². The number of carboxylic acid groups (broad SMARTS) is 1. The van der Waals surface area contributed by atoms with Gasteiger partial charge < -0.3 is 15.7 Å². The third-order valence-corrected chi connectivity index (χ3v) is 1.47. The molecule has 0 unspecified atom stereocenters. The molecule has 6 heteroatoms. The second-order valence-corrected chi connectivity index (χ2v) is 3.39. The number of carbonyl (C=O) groups is 3. The monoisotopic (exact) mass is 216 g/mol. The highest BCUT2D eigenvalue weighted by Crippen LogP contribution is 1.90. The minimum Gasteiger partial charge on any atom is -0.480 e. The molecule has 0 heterocycles. The second kappa shape index (κ2) is 6.80. The van der Waals surface area contributed by atoms with Gasteiger partial charge in [-0.3, -0.25) is 14.4 Å². The lowest BCUT2D eigenvalue weighted by atomic mass is 10.2. The Kier molecular flexibility index (Phi) is 6.08. The Labute approximate surface area is 88.0 Å². The van der Waals surface area contributed by atoms with E-state index in [2.05, 4.69) is 10.6 Å². The summed E-state index contributed by atoms with van der Waals surface area (Å²) >= 11 is 0. The van der Waals surface area contributed by atoms with Gasteiger partial charge in [0.2, 0.25) is 11.8 Å². The first-order chi connectivity index (χ1) is 6.91. The van der Waals surface area contributed by atoms with Crippen LogP contribution < -0.4 is 10.6 Å². The van der Waals surface area contributed by atoms with Crippen LogP contribution in [0.4, 0.5) is 0 Å². The third kappa shape index (κ3) is 8.73. The van der Waals surface area contributed by atoms with E-state index in [1.165, 1.54) is 0 Å². The number of carboxylic acids is 1. The van der Waals surface area contributed by atoms with Crippen LogP contribution >= 0.6 is 0 Å². The summed E-state index contributed by atoms with van der Waals surface area (Å²) in [6, 6.07) is 0.0413. The van der Waals surface area contributed by atoms with Crippen molar-refractivity contribution in [1.29, 1.82) is 0 Å². The second-order valence-electron chi connectivity index (χ2n) is 3.39. The topological polar surface area (TPSA) is 95.5 Å². The molecule has 3 N–H and O–H groups in total. The number of hydrogen-bond acceptors (Lipinski definition) is 3. The molecule has 0 bridgehead atoms.